The predicted octanol–water partition coefficient (Wildman–Crippen LogP) is 3.06. The molecule has 0 aromatic carbocycles. The first-order chi connectivity index (χ1) is 16.0. The lowest BCUT2D eigenvalue weighted by Crippen LogP contribution is -2.55. The Kier molecular flexibility index (Phi) is 7.25. The average molecular weight is 481 g/mol. The molecule has 1 unspecified atom stereocenters. The summed E-state index contributed by atoms with van der Waals surface area (Å²) >= 11 is 0. The fourth-order valence-electron chi connectivity index (χ4n) is 6.82. The maximum absolute atomic E-state index is 14.0. The predicted molar refractivity (Wildman–Crippen MR) is 127 cm³/mol. The molecule has 1 N–H and O–H groups in total. The quantitative estimate of drug-likeness (QED) is 0.651. The van der Waals surface area contributed by atoms with Crippen LogP contribution in [0.5, 0.6) is 0 Å². The van der Waals surface area contributed by atoms with Crippen LogP contribution >= 0.6 is 0 Å². The van der Waals surface area contributed by atoms with E-state index >= 15 is 0 Å². The van der Waals surface area contributed by atoms with E-state index in [1.165, 1.54) is 0 Å². The molecular formula is C26H44N2O6. The molecule has 8 nitrogen and oxygen atoms in total. The van der Waals surface area contributed by atoms with Gasteiger partial charge >= 0.3 is 6.09 Å². The van der Waals surface area contributed by atoms with Crippen molar-refractivity contribution in [3.8, 4) is 0 Å². The second kappa shape index (κ2) is 9.58. The van der Waals surface area contributed by atoms with E-state index in [-0.39, 0.29) is 24.0 Å². The molecule has 1 aliphatic carbocycles. The number of carbonyl (C=O) groups excluding carboxylic acids is 2. The molecule has 4 aliphatic rings. The van der Waals surface area contributed by atoms with Gasteiger partial charge in [-0.25, -0.2) is 4.79 Å². The lowest BCUT2D eigenvalue weighted by atomic mass is 9.73. The number of likely N-dealkylation sites (tertiary alicyclic amines) is 2. The van der Waals surface area contributed by atoms with Gasteiger partial charge in [0.05, 0.1) is 36.3 Å². The van der Waals surface area contributed by atoms with Crippen LogP contribution in [0.1, 0.15) is 66.7 Å². The highest BCUT2D eigenvalue weighted by atomic mass is 16.6. The Hall–Kier alpha value is -1.38. The van der Waals surface area contributed by atoms with Crippen molar-refractivity contribution < 1.29 is 28.9 Å². The number of aliphatic hydroxyl groups is 1. The highest BCUT2D eigenvalue weighted by Crippen LogP contribution is 2.52. The summed E-state index contributed by atoms with van der Waals surface area (Å²) in [6.07, 6.45) is 3.92. The molecule has 3 saturated heterocycles. The fraction of sp³-hybridized carbons (Fsp3) is 0.923. The van der Waals surface area contributed by atoms with Crippen LogP contribution in [0.4, 0.5) is 4.79 Å². The summed E-state index contributed by atoms with van der Waals surface area (Å²) < 4.78 is 16.8. The molecule has 0 spiro atoms. The Balaban J connectivity index is 1.43. The van der Waals surface area contributed by atoms with Gasteiger partial charge in [-0.05, 0) is 70.6 Å². The molecule has 3 heterocycles. The third kappa shape index (κ3) is 4.70. The van der Waals surface area contributed by atoms with Crippen molar-refractivity contribution in [1.29, 1.82) is 0 Å². The Bertz CT molecular complexity index is 767. The van der Waals surface area contributed by atoms with Crippen LogP contribution in [0.15, 0.2) is 0 Å². The monoisotopic (exact) mass is 480 g/mol. The minimum absolute atomic E-state index is 0.141. The van der Waals surface area contributed by atoms with Crippen LogP contribution < -0.4 is 0 Å². The number of aliphatic hydroxyl groups excluding tert-OH is 1. The number of nitrogens with zero attached hydrogens (tertiary/aromatic N) is 2. The number of amides is 2. The van der Waals surface area contributed by atoms with E-state index in [1.807, 2.05) is 25.7 Å². The molecule has 4 fully saturated rings. The van der Waals surface area contributed by atoms with Gasteiger partial charge in [-0.3, -0.25) is 9.69 Å². The first kappa shape index (κ1) is 25.7. The van der Waals surface area contributed by atoms with E-state index in [0.29, 0.717) is 31.5 Å². The van der Waals surface area contributed by atoms with Crippen molar-refractivity contribution in [2.24, 2.45) is 23.2 Å². The highest BCUT2D eigenvalue weighted by Gasteiger charge is 2.59. The SMILES string of the molecule is CO[C@@H]1COCC[C@@H]1C[C@@H]1CC[C@@](C(=O)N2C[C@H]3C(O)[C@@H]2CN3C(=O)OC(C)(C)C)(C(C)C)C1. The number of methoxy groups -OCH3 is 1. The number of rotatable bonds is 5. The van der Waals surface area contributed by atoms with Gasteiger partial charge in [-0.1, -0.05) is 13.8 Å². The summed E-state index contributed by atoms with van der Waals surface area (Å²) in [5.74, 6) is 1.36. The molecule has 0 aromatic heterocycles. The van der Waals surface area contributed by atoms with Crippen molar-refractivity contribution in [1.82, 2.24) is 9.80 Å². The topological polar surface area (TPSA) is 88.5 Å². The normalized spacial score (nSPS) is 38.1. The lowest BCUT2D eigenvalue weighted by Gasteiger charge is -2.41. The molecular weight excluding hydrogens is 436 g/mol. The standard InChI is InChI=1S/C26H44N2O6/c1-16(2)26(9-7-17(12-26)11-18-8-10-33-15-21(18)32-6)23(30)27-13-20-22(29)19(27)14-28(20)24(31)34-25(3,4)5/h16-22,29H,7-15H2,1-6H3/t17-,18+,19-,20-,21+,22?,26-/m0/s1. The zero-order chi connectivity index (χ0) is 24.8. The van der Waals surface area contributed by atoms with Crippen LogP contribution in [0, 0.1) is 23.2 Å². The molecule has 2 amide bonds. The Morgan fingerprint density at radius 3 is 2.41 bits per heavy atom. The third-order valence-electron chi connectivity index (χ3n) is 8.81. The molecule has 8 heteroatoms. The average Bonchev–Trinajstić information content (AvgIpc) is 3.44. The number of ether oxygens (including phenoxy) is 3. The first-order valence-corrected chi connectivity index (χ1v) is 13.1. The second-order valence-corrected chi connectivity index (χ2v) is 12.3. The highest BCUT2D eigenvalue weighted by molar-refractivity contribution is 5.85. The third-order valence-corrected chi connectivity index (χ3v) is 8.81. The molecule has 7 atom stereocenters. The summed E-state index contributed by atoms with van der Waals surface area (Å²) in [6.45, 7) is 12.0. The van der Waals surface area contributed by atoms with Crippen molar-refractivity contribution in [3.63, 3.8) is 0 Å². The molecule has 3 aliphatic heterocycles. The van der Waals surface area contributed by atoms with Crippen LogP contribution in [-0.2, 0) is 19.0 Å². The van der Waals surface area contributed by atoms with Gasteiger partial charge in [0.15, 0.2) is 0 Å². The van der Waals surface area contributed by atoms with Gasteiger partial charge in [-0.2, -0.15) is 0 Å². The van der Waals surface area contributed by atoms with Gasteiger partial charge < -0.3 is 24.2 Å². The number of piperazine rings is 1. The van der Waals surface area contributed by atoms with Gasteiger partial charge in [0.25, 0.3) is 0 Å². The van der Waals surface area contributed by atoms with Crippen molar-refractivity contribution in [3.05, 3.63) is 0 Å². The van der Waals surface area contributed by atoms with Gasteiger partial charge in [-0.15, -0.1) is 0 Å². The maximum Gasteiger partial charge on any atom is 0.410 e. The Labute approximate surface area is 204 Å². The molecule has 34 heavy (non-hydrogen) atoms. The zero-order valence-corrected chi connectivity index (χ0v) is 21.8. The van der Waals surface area contributed by atoms with Crippen LogP contribution in [0.2, 0.25) is 0 Å². The number of hydrogen-bond acceptors (Lipinski definition) is 6. The zero-order valence-electron chi connectivity index (χ0n) is 21.8. The summed E-state index contributed by atoms with van der Waals surface area (Å²) in [4.78, 5) is 30.2. The molecule has 194 valence electrons. The molecule has 2 bridgehead atoms. The first-order valence-electron chi connectivity index (χ1n) is 13.1. The molecule has 4 rings (SSSR count). The van der Waals surface area contributed by atoms with E-state index in [4.69, 9.17) is 14.2 Å². The molecule has 0 aromatic rings. The van der Waals surface area contributed by atoms with E-state index in [2.05, 4.69) is 13.8 Å². The summed E-state index contributed by atoms with van der Waals surface area (Å²) in [7, 11) is 1.76. The van der Waals surface area contributed by atoms with E-state index in [0.717, 1.165) is 38.7 Å². The smallest absolute Gasteiger partial charge is 0.410 e. The Morgan fingerprint density at radius 2 is 1.82 bits per heavy atom. The maximum atomic E-state index is 14.0. The number of carbonyl (C=O) groups is 2. The Morgan fingerprint density at radius 1 is 1.15 bits per heavy atom. The molecule has 1 saturated carbocycles. The van der Waals surface area contributed by atoms with E-state index < -0.39 is 29.3 Å². The summed E-state index contributed by atoms with van der Waals surface area (Å²) in [6, 6.07) is -0.747. The van der Waals surface area contributed by atoms with E-state index in [1.54, 1.807) is 12.0 Å². The minimum atomic E-state index is -0.720. The van der Waals surface area contributed by atoms with Crippen molar-refractivity contribution in [2.75, 3.05) is 33.4 Å². The second-order valence-electron chi connectivity index (χ2n) is 12.3. The van der Waals surface area contributed by atoms with Gasteiger partial charge in [0, 0.05) is 26.8 Å². The van der Waals surface area contributed by atoms with Crippen molar-refractivity contribution >= 4 is 12.0 Å². The summed E-state index contributed by atoms with van der Waals surface area (Å²) in [5, 5.41) is 10.9. The lowest BCUT2D eigenvalue weighted by molar-refractivity contribution is -0.148. The molecule has 0 radical (unpaired) electrons. The van der Waals surface area contributed by atoms with Crippen molar-refractivity contribution in [2.45, 2.75) is 96.6 Å². The number of fused-ring (bicyclic) bond motifs is 2. The fourth-order valence-corrected chi connectivity index (χ4v) is 6.82. The van der Waals surface area contributed by atoms with E-state index in [9.17, 15) is 14.7 Å². The van der Waals surface area contributed by atoms with Crippen LogP contribution in [0.3, 0.4) is 0 Å². The number of hydrogen-bond donors (Lipinski definition) is 1. The van der Waals surface area contributed by atoms with Crippen LogP contribution in [0.25, 0.3) is 0 Å². The van der Waals surface area contributed by atoms with Crippen LogP contribution in [-0.4, -0.2) is 90.2 Å². The van der Waals surface area contributed by atoms with Gasteiger partial charge in [0.2, 0.25) is 5.91 Å². The minimum Gasteiger partial charge on any atom is -0.444 e. The largest absolute Gasteiger partial charge is 0.444 e. The van der Waals surface area contributed by atoms with Gasteiger partial charge in [0.1, 0.15) is 5.60 Å². The summed E-state index contributed by atoms with van der Waals surface area (Å²) in [5.41, 5.74) is -0.994.